The highest BCUT2D eigenvalue weighted by Gasteiger charge is 2.50. The number of hydrogen-bond donors (Lipinski definition) is 1. The van der Waals surface area contributed by atoms with Gasteiger partial charge in [0, 0.05) is 17.1 Å². The zero-order valence-electron chi connectivity index (χ0n) is 16.1. The molecule has 1 saturated heterocycles. The largest absolute Gasteiger partial charge is 0.324 e. The number of nitrogens with zero attached hydrogens (tertiary/aromatic N) is 1. The number of amides is 2. The van der Waals surface area contributed by atoms with Gasteiger partial charge in [0.05, 0.1) is 4.90 Å². The van der Waals surface area contributed by atoms with Crippen LogP contribution in [0.5, 0.6) is 0 Å². The highest BCUT2D eigenvalue weighted by Crippen LogP contribution is 2.34. The number of benzene rings is 3. The maximum Gasteiger partial charge on any atom is 0.264 e. The Labute approximate surface area is 179 Å². The number of hydrogen-bond acceptors (Lipinski definition) is 4. The summed E-state index contributed by atoms with van der Waals surface area (Å²) in [5, 5.41) is 1.94. The second-order valence-electron chi connectivity index (χ2n) is 7.40. The molecule has 0 spiro atoms. The van der Waals surface area contributed by atoms with Crippen LogP contribution in [-0.4, -0.2) is 37.2 Å². The van der Waals surface area contributed by atoms with Crippen molar-refractivity contribution in [3.8, 4) is 0 Å². The van der Waals surface area contributed by atoms with E-state index in [1.54, 1.807) is 25.1 Å². The van der Waals surface area contributed by atoms with Gasteiger partial charge >= 0.3 is 0 Å². The molecule has 1 aliphatic heterocycles. The molecule has 1 unspecified atom stereocenters. The molecule has 4 rings (SSSR count). The third-order valence-electron chi connectivity index (χ3n) is 5.51. The van der Waals surface area contributed by atoms with E-state index in [0.717, 1.165) is 10.8 Å². The van der Waals surface area contributed by atoms with Gasteiger partial charge in [0.15, 0.2) is 0 Å². The monoisotopic (exact) mass is 442 g/mol. The molecule has 8 heteroatoms. The van der Waals surface area contributed by atoms with E-state index in [1.165, 1.54) is 23.1 Å². The van der Waals surface area contributed by atoms with E-state index in [4.69, 9.17) is 11.6 Å². The molecule has 1 N–H and O–H groups in total. The quantitative estimate of drug-likeness (QED) is 0.669. The van der Waals surface area contributed by atoms with Gasteiger partial charge in [0.25, 0.3) is 21.8 Å². The average molecular weight is 443 g/mol. The smallest absolute Gasteiger partial charge is 0.264 e. The molecule has 1 aliphatic rings. The lowest BCUT2D eigenvalue weighted by molar-refractivity contribution is -0.135. The zero-order valence-corrected chi connectivity index (χ0v) is 17.7. The number of halogens is 1. The molecule has 0 aliphatic carbocycles. The van der Waals surface area contributed by atoms with Gasteiger partial charge < -0.3 is 4.90 Å². The van der Waals surface area contributed by atoms with Gasteiger partial charge in [-0.15, -0.1) is 0 Å². The number of sulfonamides is 1. The van der Waals surface area contributed by atoms with Crippen LogP contribution in [0.3, 0.4) is 0 Å². The van der Waals surface area contributed by atoms with Crippen LogP contribution in [0.25, 0.3) is 10.8 Å². The van der Waals surface area contributed by atoms with Crippen LogP contribution in [-0.2, 0) is 14.8 Å². The van der Waals surface area contributed by atoms with Crippen molar-refractivity contribution in [3.05, 3.63) is 77.3 Å². The molecule has 3 aromatic rings. The molecule has 6 nitrogen and oxygen atoms in total. The summed E-state index contributed by atoms with van der Waals surface area (Å²) in [5.74, 6) is -1.06. The zero-order chi connectivity index (χ0) is 21.5. The summed E-state index contributed by atoms with van der Waals surface area (Å²) in [7, 11) is -4.11. The molecule has 3 aromatic carbocycles. The molecule has 154 valence electrons. The van der Waals surface area contributed by atoms with E-state index < -0.39 is 21.5 Å². The minimum atomic E-state index is -4.11. The molecule has 1 atom stereocenters. The highest BCUT2D eigenvalue weighted by atomic mass is 35.5. The lowest BCUT2D eigenvalue weighted by Gasteiger charge is -2.48. The second kappa shape index (κ2) is 7.41. The first-order valence-corrected chi connectivity index (χ1v) is 11.2. The van der Waals surface area contributed by atoms with Gasteiger partial charge in [0.1, 0.15) is 5.54 Å². The molecule has 0 saturated carbocycles. The van der Waals surface area contributed by atoms with Crippen molar-refractivity contribution in [2.24, 2.45) is 0 Å². The van der Waals surface area contributed by atoms with Crippen molar-refractivity contribution in [1.82, 2.24) is 9.62 Å². The van der Waals surface area contributed by atoms with Gasteiger partial charge in [-0.05, 0) is 48.4 Å². The lowest BCUT2D eigenvalue weighted by atomic mass is 9.84. The van der Waals surface area contributed by atoms with Crippen molar-refractivity contribution in [3.63, 3.8) is 0 Å². The van der Waals surface area contributed by atoms with E-state index in [0.29, 0.717) is 18.5 Å². The van der Waals surface area contributed by atoms with E-state index in [-0.39, 0.29) is 15.8 Å². The number of fused-ring (bicyclic) bond motifs is 1. The Morgan fingerprint density at radius 1 is 1.03 bits per heavy atom. The Morgan fingerprint density at radius 2 is 1.73 bits per heavy atom. The molecule has 1 fully saturated rings. The predicted octanol–water partition coefficient (Wildman–Crippen LogP) is 3.60. The van der Waals surface area contributed by atoms with Crippen LogP contribution in [0.15, 0.2) is 71.6 Å². The van der Waals surface area contributed by atoms with E-state index in [9.17, 15) is 18.0 Å². The Hall–Kier alpha value is -2.90. The predicted molar refractivity (Wildman–Crippen MR) is 115 cm³/mol. The molecule has 0 radical (unpaired) electrons. The van der Waals surface area contributed by atoms with Gasteiger partial charge in [-0.25, -0.2) is 13.1 Å². The second-order valence-corrected chi connectivity index (χ2v) is 9.52. The summed E-state index contributed by atoms with van der Waals surface area (Å²) in [6, 6.07) is 18.5. The fourth-order valence-electron chi connectivity index (χ4n) is 3.60. The summed E-state index contributed by atoms with van der Waals surface area (Å²) in [6.07, 6.45) is 0.362. The van der Waals surface area contributed by atoms with Gasteiger partial charge in [-0.3, -0.25) is 9.59 Å². The topological polar surface area (TPSA) is 83.6 Å². The SMILES string of the molecule is CC1(C(=O)NS(=O)(=O)c2cccc(Cl)c2)CCN1C(=O)c1cccc2ccccc12. The summed E-state index contributed by atoms with van der Waals surface area (Å²) < 4.78 is 27.3. The lowest BCUT2D eigenvalue weighted by Crippen LogP contribution is -2.67. The van der Waals surface area contributed by atoms with Gasteiger partial charge in [-0.2, -0.15) is 0 Å². The fraction of sp³-hybridized carbons (Fsp3) is 0.182. The molecule has 30 heavy (non-hydrogen) atoms. The van der Waals surface area contributed by atoms with Gasteiger partial charge in [0.2, 0.25) is 0 Å². The van der Waals surface area contributed by atoms with Crippen LogP contribution < -0.4 is 4.72 Å². The van der Waals surface area contributed by atoms with Crippen molar-refractivity contribution < 1.29 is 18.0 Å². The number of carbonyl (C=O) groups is 2. The van der Waals surface area contributed by atoms with Crippen molar-refractivity contribution in [2.45, 2.75) is 23.8 Å². The number of likely N-dealkylation sites (tertiary alicyclic amines) is 1. The van der Waals surface area contributed by atoms with Crippen LogP contribution in [0.1, 0.15) is 23.7 Å². The van der Waals surface area contributed by atoms with Crippen LogP contribution in [0, 0.1) is 0 Å². The minimum Gasteiger partial charge on any atom is -0.324 e. The maximum absolute atomic E-state index is 13.2. The molecular formula is C22H19ClN2O4S. The Morgan fingerprint density at radius 3 is 2.43 bits per heavy atom. The Balaban J connectivity index is 1.60. The van der Waals surface area contributed by atoms with E-state index >= 15 is 0 Å². The van der Waals surface area contributed by atoms with Crippen LogP contribution >= 0.6 is 11.6 Å². The summed E-state index contributed by atoms with van der Waals surface area (Å²) in [6.45, 7) is 1.94. The average Bonchev–Trinajstić information content (AvgIpc) is 2.71. The minimum absolute atomic E-state index is 0.113. The van der Waals surface area contributed by atoms with Crippen LogP contribution in [0.4, 0.5) is 0 Å². The fourth-order valence-corrected chi connectivity index (χ4v) is 4.98. The van der Waals surface area contributed by atoms with Crippen molar-refractivity contribution >= 4 is 44.2 Å². The number of rotatable bonds is 4. The molecule has 0 aromatic heterocycles. The van der Waals surface area contributed by atoms with E-state index in [2.05, 4.69) is 4.72 Å². The number of carbonyl (C=O) groups excluding carboxylic acids is 2. The molecule has 2 amide bonds. The first kappa shape index (κ1) is 20.4. The normalized spacial score (nSPS) is 18.7. The molecular weight excluding hydrogens is 424 g/mol. The van der Waals surface area contributed by atoms with E-state index in [1.807, 2.05) is 30.3 Å². The first-order chi connectivity index (χ1) is 14.2. The third-order valence-corrected chi connectivity index (χ3v) is 7.07. The highest BCUT2D eigenvalue weighted by molar-refractivity contribution is 7.90. The summed E-state index contributed by atoms with van der Waals surface area (Å²) in [5.41, 5.74) is -0.788. The van der Waals surface area contributed by atoms with Crippen molar-refractivity contribution in [2.75, 3.05) is 6.54 Å². The third kappa shape index (κ3) is 3.44. The van der Waals surface area contributed by atoms with Crippen molar-refractivity contribution in [1.29, 1.82) is 0 Å². The molecule has 0 bridgehead atoms. The standard InChI is InChI=1S/C22H19ClN2O4S/c1-22(21(27)24-30(28,29)17-9-5-8-16(23)14-17)12-13-25(22)20(26)19-11-4-7-15-6-2-3-10-18(15)19/h2-11,14H,12-13H2,1H3,(H,24,27). The molecule has 1 heterocycles. The maximum atomic E-state index is 13.2. The summed E-state index contributed by atoms with van der Waals surface area (Å²) in [4.78, 5) is 27.4. The summed E-state index contributed by atoms with van der Waals surface area (Å²) >= 11 is 5.87. The number of nitrogens with one attached hydrogen (secondary N) is 1. The first-order valence-electron chi connectivity index (χ1n) is 9.35. The van der Waals surface area contributed by atoms with Crippen LogP contribution in [0.2, 0.25) is 5.02 Å². The Kier molecular flexibility index (Phi) is 5.03. The van der Waals surface area contributed by atoms with Gasteiger partial charge in [-0.1, -0.05) is 54.1 Å². The Bertz CT molecular complexity index is 1270.